The molecule has 0 amide bonds. The Labute approximate surface area is 91.4 Å². The standard InChI is InChI=1S/C13H19NO/c1-13(8-11(13)9-14)7-10-3-5-12(15-2)6-4-10/h3-6,11H,7-9,14H2,1-2H3. The summed E-state index contributed by atoms with van der Waals surface area (Å²) >= 11 is 0. The molecule has 15 heavy (non-hydrogen) atoms. The van der Waals surface area contributed by atoms with E-state index < -0.39 is 0 Å². The summed E-state index contributed by atoms with van der Waals surface area (Å²) < 4.78 is 5.14. The summed E-state index contributed by atoms with van der Waals surface area (Å²) in [6.07, 6.45) is 2.41. The summed E-state index contributed by atoms with van der Waals surface area (Å²) in [5.74, 6) is 1.65. The molecular weight excluding hydrogens is 186 g/mol. The van der Waals surface area contributed by atoms with Gasteiger partial charge in [-0.1, -0.05) is 19.1 Å². The van der Waals surface area contributed by atoms with Crippen LogP contribution in [-0.4, -0.2) is 13.7 Å². The first-order valence-corrected chi connectivity index (χ1v) is 5.51. The minimum absolute atomic E-state index is 0.448. The summed E-state index contributed by atoms with van der Waals surface area (Å²) in [7, 11) is 1.70. The van der Waals surface area contributed by atoms with Crippen LogP contribution in [0.2, 0.25) is 0 Å². The SMILES string of the molecule is COc1ccc(CC2(C)CC2CN)cc1. The van der Waals surface area contributed by atoms with Crippen molar-refractivity contribution in [3.63, 3.8) is 0 Å². The highest BCUT2D eigenvalue weighted by Gasteiger charge is 2.48. The van der Waals surface area contributed by atoms with Gasteiger partial charge in [0.1, 0.15) is 5.75 Å². The van der Waals surface area contributed by atoms with Crippen molar-refractivity contribution in [2.45, 2.75) is 19.8 Å². The highest BCUT2D eigenvalue weighted by Crippen LogP contribution is 2.53. The van der Waals surface area contributed by atoms with Crippen LogP contribution in [0.1, 0.15) is 18.9 Å². The number of ether oxygens (including phenoxy) is 1. The molecule has 0 radical (unpaired) electrons. The van der Waals surface area contributed by atoms with Gasteiger partial charge in [0.2, 0.25) is 0 Å². The van der Waals surface area contributed by atoms with E-state index in [0.717, 1.165) is 24.6 Å². The van der Waals surface area contributed by atoms with E-state index in [1.807, 2.05) is 12.1 Å². The van der Waals surface area contributed by atoms with Crippen LogP contribution < -0.4 is 10.5 Å². The Morgan fingerprint density at radius 2 is 2.07 bits per heavy atom. The Morgan fingerprint density at radius 1 is 1.40 bits per heavy atom. The van der Waals surface area contributed by atoms with Gasteiger partial charge in [-0.3, -0.25) is 0 Å². The molecular formula is C13H19NO. The Balaban J connectivity index is 2.00. The fraction of sp³-hybridized carbons (Fsp3) is 0.538. The number of nitrogens with two attached hydrogens (primary N) is 1. The van der Waals surface area contributed by atoms with E-state index in [4.69, 9.17) is 10.5 Å². The molecule has 1 aliphatic carbocycles. The topological polar surface area (TPSA) is 35.2 Å². The maximum absolute atomic E-state index is 5.69. The van der Waals surface area contributed by atoms with Crippen LogP contribution in [0, 0.1) is 11.3 Å². The average molecular weight is 205 g/mol. The summed E-state index contributed by atoms with van der Waals surface area (Å²) in [5.41, 5.74) is 7.52. The van der Waals surface area contributed by atoms with Gasteiger partial charge in [0.15, 0.2) is 0 Å². The lowest BCUT2D eigenvalue weighted by Gasteiger charge is -2.11. The number of benzene rings is 1. The summed E-state index contributed by atoms with van der Waals surface area (Å²) in [6.45, 7) is 3.15. The molecule has 0 spiro atoms. The second kappa shape index (κ2) is 3.86. The second-order valence-corrected chi connectivity index (χ2v) is 4.82. The normalized spacial score (nSPS) is 28.9. The highest BCUT2D eigenvalue weighted by molar-refractivity contribution is 5.28. The molecule has 2 nitrogen and oxygen atoms in total. The van der Waals surface area contributed by atoms with Crippen LogP contribution in [0.4, 0.5) is 0 Å². The maximum Gasteiger partial charge on any atom is 0.118 e. The van der Waals surface area contributed by atoms with E-state index in [1.54, 1.807) is 7.11 Å². The Kier molecular flexibility index (Phi) is 2.70. The fourth-order valence-corrected chi connectivity index (χ4v) is 2.30. The zero-order chi connectivity index (χ0) is 10.9. The molecule has 2 atom stereocenters. The summed E-state index contributed by atoms with van der Waals surface area (Å²) in [5, 5.41) is 0. The van der Waals surface area contributed by atoms with E-state index in [0.29, 0.717) is 5.41 Å². The van der Waals surface area contributed by atoms with Crippen molar-refractivity contribution in [3.05, 3.63) is 29.8 Å². The van der Waals surface area contributed by atoms with Crippen LogP contribution in [0.15, 0.2) is 24.3 Å². The first-order valence-electron chi connectivity index (χ1n) is 5.51. The fourth-order valence-electron chi connectivity index (χ4n) is 2.30. The zero-order valence-corrected chi connectivity index (χ0v) is 9.49. The van der Waals surface area contributed by atoms with Crippen LogP contribution in [0.5, 0.6) is 5.75 Å². The molecule has 1 fully saturated rings. The van der Waals surface area contributed by atoms with E-state index in [1.165, 1.54) is 12.0 Å². The first-order chi connectivity index (χ1) is 7.18. The zero-order valence-electron chi connectivity index (χ0n) is 9.49. The van der Waals surface area contributed by atoms with Crippen molar-refractivity contribution in [3.8, 4) is 5.75 Å². The molecule has 0 aromatic heterocycles. The number of rotatable bonds is 4. The van der Waals surface area contributed by atoms with Gasteiger partial charge in [-0.05, 0) is 48.4 Å². The molecule has 1 aliphatic rings. The van der Waals surface area contributed by atoms with Gasteiger partial charge < -0.3 is 10.5 Å². The van der Waals surface area contributed by atoms with Gasteiger partial charge in [-0.2, -0.15) is 0 Å². The molecule has 1 saturated carbocycles. The highest BCUT2D eigenvalue weighted by atomic mass is 16.5. The predicted octanol–water partition coefficient (Wildman–Crippen LogP) is 2.22. The summed E-state index contributed by atoms with van der Waals surface area (Å²) in [6, 6.07) is 8.35. The average Bonchev–Trinajstić information content (AvgIpc) is 2.90. The van der Waals surface area contributed by atoms with E-state index in [2.05, 4.69) is 19.1 Å². The van der Waals surface area contributed by atoms with E-state index in [-0.39, 0.29) is 0 Å². The first kappa shape index (κ1) is 10.5. The van der Waals surface area contributed by atoms with Gasteiger partial charge >= 0.3 is 0 Å². The van der Waals surface area contributed by atoms with Crippen LogP contribution in [0.3, 0.4) is 0 Å². The largest absolute Gasteiger partial charge is 0.497 e. The number of hydrogen-bond acceptors (Lipinski definition) is 2. The van der Waals surface area contributed by atoms with Crippen molar-refractivity contribution >= 4 is 0 Å². The van der Waals surface area contributed by atoms with E-state index >= 15 is 0 Å². The van der Waals surface area contributed by atoms with Crippen LogP contribution in [0.25, 0.3) is 0 Å². The van der Waals surface area contributed by atoms with Crippen LogP contribution >= 0.6 is 0 Å². The monoisotopic (exact) mass is 205 g/mol. The molecule has 2 rings (SSSR count). The van der Waals surface area contributed by atoms with Crippen molar-refractivity contribution in [1.29, 1.82) is 0 Å². The molecule has 82 valence electrons. The third-order valence-electron chi connectivity index (χ3n) is 3.59. The van der Waals surface area contributed by atoms with Crippen molar-refractivity contribution in [2.24, 2.45) is 17.1 Å². The van der Waals surface area contributed by atoms with E-state index in [9.17, 15) is 0 Å². The molecule has 2 unspecified atom stereocenters. The Hall–Kier alpha value is -1.02. The molecule has 2 heteroatoms. The van der Waals surface area contributed by atoms with Gasteiger partial charge in [0.25, 0.3) is 0 Å². The lowest BCUT2D eigenvalue weighted by atomic mass is 9.96. The minimum atomic E-state index is 0.448. The lowest BCUT2D eigenvalue weighted by Crippen LogP contribution is -2.10. The number of hydrogen-bond donors (Lipinski definition) is 1. The molecule has 0 saturated heterocycles. The third kappa shape index (κ3) is 2.15. The van der Waals surface area contributed by atoms with Crippen molar-refractivity contribution < 1.29 is 4.74 Å². The third-order valence-corrected chi connectivity index (χ3v) is 3.59. The van der Waals surface area contributed by atoms with Gasteiger partial charge in [-0.15, -0.1) is 0 Å². The van der Waals surface area contributed by atoms with Crippen molar-refractivity contribution in [2.75, 3.05) is 13.7 Å². The second-order valence-electron chi connectivity index (χ2n) is 4.82. The number of methoxy groups -OCH3 is 1. The quantitative estimate of drug-likeness (QED) is 0.818. The molecule has 0 aliphatic heterocycles. The van der Waals surface area contributed by atoms with Gasteiger partial charge in [0.05, 0.1) is 7.11 Å². The van der Waals surface area contributed by atoms with Gasteiger partial charge in [0, 0.05) is 0 Å². The Bertz CT molecular complexity index is 333. The molecule has 1 aromatic rings. The molecule has 0 heterocycles. The summed E-state index contributed by atoms with van der Waals surface area (Å²) in [4.78, 5) is 0. The molecule has 1 aromatic carbocycles. The minimum Gasteiger partial charge on any atom is -0.497 e. The Morgan fingerprint density at radius 3 is 2.53 bits per heavy atom. The van der Waals surface area contributed by atoms with Crippen molar-refractivity contribution in [1.82, 2.24) is 0 Å². The van der Waals surface area contributed by atoms with Crippen LogP contribution in [-0.2, 0) is 6.42 Å². The van der Waals surface area contributed by atoms with Gasteiger partial charge in [-0.25, -0.2) is 0 Å². The molecule has 2 N–H and O–H groups in total. The smallest absolute Gasteiger partial charge is 0.118 e. The predicted molar refractivity (Wildman–Crippen MR) is 62.0 cm³/mol. The maximum atomic E-state index is 5.69. The lowest BCUT2D eigenvalue weighted by molar-refractivity contribution is 0.414. The molecule has 0 bridgehead atoms.